The first-order chi connectivity index (χ1) is 13.2. The summed E-state index contributed by atoms with van der Waals surface area (Å²) in [6.07, 6.45) is -1.15. The molecule has 152 valence electrons. The van der Waals surface area contributed by atoms with Gasteiger partial charge in [-0.3, -0.25) is 4.79 Å². The van der Waals surface area contributed by atoms with E-state index in [1.54, 1.807) is 11.0 Å². The van der Waals surface area contributed by atoms with Crippen LogP contribution in [0, 0.1) is 11.8 Å². The van der Waals surface area contributed by atoms with E-state index in [1.165, 1.54) is 35.2 Å². The van der Waals surface area contributed by atoms with Crippen LogP contribution in [-0.4, -0.2) is 59.4 Å². The molecule has 2 aliphatic rings. The Morgan fingerprint density at radius 2 is 1.61 bits per heavy atom. The normalized spacial score (nSPS) is 22.8. The van der Waals surface area contributed by atoms with E-state index in [9.17, 15) is 22.8 Å². The van der Waals surface area contributed by atoms with E-state index in [2.05, 4.69) is 4.74 Å². The molecule has 0 aromatic heterocycles. The standard InChI is InChI=1S/C19H21F3N2O4/c20-19(21,22)28-16-4-1-13(2-5-16)3-6-17(25)23-9-7-14-11-24(18(26)27)12-15(14)8-10-23/h1-6,14-15H,7-12H2,(H,26,27). The van der Waals surface area contributed by atoms with Crippen molar-refractivity contribution in [2.24, 2.45) is 11.8 Å². The number of ether oxygens (including phenoxy) is 1. The summed E-state index contributed by atoms with van der Waals surface area (Å²) in [5.41, 5.74) is 0.590. The molecule has 0 spiro atoms. The molecular weight excluding hydrogens is 377 g/mol. The molecular formula is C19H21F3N2O4. The average Bonchev–Trinajstić information content (AvgIpc) is 2.93. The Bertz CT molecular complexity index is 733. The van der Waals surface area contributed by atoms with Gasteiger partial charge in [0, 0.05) is 32.3 Å². The van der Waals surface area contributed by atoms with Crippen LogP contribution in [0.2, 0.25) is 0 Å². The van der Waals surface area contributed by atoms with Crippen LogP contribution >= 0.6 is 0 Å². The van der Waals surface area contributed by atoms with Crippen molar-refractivity contribution in [3.05, 3.63) is 35.9 Å². The number of hydrogen-bond donors (Lipinski definition) is 1. The number of carbonyl (C=O) groups excluding carboxylic acids is 1. The summed E-state index contributed by atoms with van der Waals surface area (Å²) in [5, 5.41) is 9.11. The molecule has 9 heteroatoms. The monoisotopic (exact) mass is 398 g/mol. The van der Waals surface area contributed by atoms with Crippen molar-refractivity contribution < 1.29 is 32.6 Å². The van der Waals surface area contributed by atoms with Crippen LogP contribution in [0.15, 0.2) is 30.3 Å². The third-order valence-corrected chi connectivity index (χ3v) is 5.23. The number of alkyl halides is 3. The number of rotatable bonds is 3. The van der Waals surface area contributed by atoms with Crippen molar-refractivity contribution in [2.75, 3.05) is 26.2 Å². The summed E-state index contributed by atoms with van der Waals surface area (Å²) in [6, 6.07) is 5.27. The number of nitrogens with zero attached hydrogens (tertiary/aromatic N) is 2. The van der Waals surface area contributed by atoms with Gasteiger partial charge in [0.15, 0.2) is 0 Å². The zero-order valence-electron chi connectivity index (χ0n) is 15.1. The fourth-order valence-electron chi connectivity index (χ4n) is 3.78. The molecule has 1 aromatic rings. The van der Waals surface area contributed by atoms with Crippen molar-refractivity contribution >= 4 is 18.1 Å². The number of halogens is 3. The van der Waals surface area contributed by atoms with Gasteiger partial charge in [0.05, 0.1) is 0 Å². The maximum absolute atomic E-state index is 12.4. The van der Waals surface area contributed by atoms with Crippen LogP contribution in [0.1, 0.15) is 18.4 Å². The lowest BCUT2D eigenvalue weighted by Crippen LogP contribution is -2.32. The average molecular weight is 398 g/mol. The van der Waals surface area contributed by atoms with Gasteiger partial charge in [-0.05, 0) is 48.4 Å². The molecule has 3 rings (SSSR count). The fourth-order valence-corrected chi connectivity index (χ4v) is 3.78. The second-order valence-corrected chi connectivity index (χ2v) is 7.06. The highest BCUT2D eigenvalue weighted by Crippen LogP contribution is 2.32. The van der Waals surface area contributed by atoms with E-state index in [0.717, 1.165) is 12.8 Å². The first kappa shape index (κ1) is 20.0. The molecule has 28 heavy (non-hydrogen) atoms. The quantitative estimate of drug-likeness (QED) is 0.792. The lowest BCUT2D eigenvalue weighted by molar-refractivity contribution is -0.274. The third kappa shape index (κ3) is 5.17. The van der Waals surface area contributed by atoms with Crippen molar-refractivity contribution in [1.82, 2.24) is 9.80 Å². The van der Waals surface area contributed by atoms with Crippen LogP contribution in [-0.2, 0) is 4.79 Å². The number of carbonyl (C=O) groups is 2. The number of benzene rings is 1. The van der Waals surface area contributed by atoms with E-state index in [0.29, 0.717) is 31.7 Å². The lowest BCUT2D eigenvalue weighted by Gasteiger charge is -2.20. The topological polar surface area (TPSA) is 70.1 Å². The summed E-state index contributed by atoms with van der Waals surface area (Å²) >= 11 is 0. The third-order valence-electron chi connectivity index (χ3n) is 5.23. The summed E-state index contributed by atoms with van der Waals surface area (Å²) in [6.45, 7) is 2.17. The maximum Gasteiger partial charge on any atom is 0.573 e. The Labute approximate surface area is 160 Å². The minimum atomic E-state index is -4.74. The Hall–Kier alpha value is -2.71. The number of fused-ring (bicyclic) bond motifs is 1. The number of carboxylic acid groups (broad SMARTS) is 1. The molecule has 2 saturated heterocycles. The van der Waals surface area contributed by atoms with Gasteiger partial charge in [-0.15, -0.1) is 13.2 Å². The smallest absolute Gasteiger partial charge is 0.465 e. The van der Waals surface area contributed by atoms with Crippen LogP contribution in [0.3, 0.4) is 0 Å². The molecule has 0 saturated carbocycles. The Morgan fingerprint density at radius 3 is 2.11 bits per heavy atom. The molecule has 0 radical (unpaired) electrons. The van der Waals surface area contributed by atoms with E-state index in [-0.39, 0.29) is 23.5 Å². The van der Waals surface area contributed by atoms with E-state index in [1.807, 2.05) is 0 Å². The van der Waals surface area contributed by atoms with Crippen molar-refractivity contribution in [1.29, 1.82) is 0 Å². The number of amides is 2. The number of hydrogen-bond acceptors (Lipinski definition) is 3. The molecule has 2 atom stereocenters. The molecule has 6 nitrogen and oxygen atoms in total. The van der Waals surface area contributed by atoms with E-state index in [4.69, 9.17) is 5.11 Å². The van der Waals surface area contributed by atoms with Crippen LogP contribution in [0.5, 0.6) is 5.75 Å². The predicted octanol–water partition coefficient (Wildman–Crippen LogP) is 3.45. The maximum atomic E-state index is 12.4. The minimum Gasteiger partial charge on any atom is -0.465 e. The molecule has 2 unspecified atom stereocenters. The summed E-state index contributed by atoms with van der Waals surface area (Å²) in [4.78, 5) is 26.7. The summed E-state index contributed by atoms with van der Waals surface area (Å²) < 4.78 is 40.3. The van der Waals surface area contributed by atoms with Gasteiger partial charge in [-0.25, -0.2) is 4.79 Å². The molecule has 2 fully saturated rings. The van der Waals surface area contributed by atoms with Crippen LogP contribution < -0.4 is 4.74 Å². The van der Waals surface area contributed by atoms with Gasteiger partial charge in [-0.1, -0.05) is 12.1 Å². The Morgan fingerprint density at radius 1 is 1.04 bits per heavy atom. The van der Waals surface area contributed by atoms with Crippen LogP contribution in [0.25, 0.3) is 6.08 Å². The van der Waals surface area contributed by atoms with Gasteiger partial charge in [0.1, 0.15) is 5.75 Å². The van der Waals surface area contributed by atoms with E-state index >= 15 is 0 Å². The van der Waals surface area contributed by atoms with Gasteiger partial charge < -0.3 is 19.6 Å². The SMILES string of the molecule is O=C(O)N1CC2CCN(C(=O)C=Cc3ccc(OC(F)(F)F)cc3)CCC2C1. The van der Waals surface area contributed by atoms with Crippen molar-refractivity contribution in [3.63, 3.8) is 0 Å². The second kappa shape index (κ2) is 8.12. The molecule has 0 aliphatic carbocycles. The van der Waals surface area contributed by atoms with Gasteiger partial charge in [-0.2, -0.15) is 0 Å². The Balaban J connectivity index is 1.53. The summed E-state index contributed by atoms with van der Waals surface area (Å²) in [5.74, 6) is 0.0780. The molecule has 2 heterocycles. The molecule has 1 N–H and O–H groups in total. The fraction of sp³-hybridized carbons (Fsp3) is 0.474. The summed E-state index contributed by atoms with van der Waals surface area (Å²) in [7, 11) is 0. The minimum absolute atomic E-state index is 0.161. The zero-order valence-corrected chi connectivity index (χ0v) is 15.1. The van der Waals surface area contributed by atoms with E-state index < -0.39 is 12.5 Å². The highest BCUT2D eigenvalue weighted by atomic mass is 19.4. The second-order valence-electron chi connectivity index (χ2n) is 7.06. The zero-order chi connectivity index (χ0) is 20.3. The first-order valence-corrected chi connectivity index (χ1v) is 9.02. The van der Waals surface area contributed by atoms with Gasteiger partial charge >= 0.3 is 12.5 Å². The molecule has 2 amide bonds. The lowest BCUT2D eigenvalue weighted by atomic mass is 9.92. The first-order valence-electron chi connectivity index (χ1n) is 9.02. The Kier molecular flexibility index (Phi) is 5.81. The van der Waals surface area contributed by atoms with Gasteiger partial charge in [0.2, 0.25) is 5.91 Å². The molecule has 0 bridgehead atoms. The van der Waals surface area contributed by atoms with Crippen molar-refractivity contribution in [2.45, 2.75) is 19.2 Å². The van der Waals surface area contributed by atoms with Crippen molar-refractivity contribution in [3.8, 4) is 5.75 Å². The molecule has 2 aliphatic heterocycles. The molecule has 1 aromatic carbocycles. The number of likely N-dealkylation sites (tertiary alicyclic amines) is 2. The highest BCUT2D eigenvalue weighted by molar-refractivity contribution is 5.91. The largest absolute Gasteiger partial charge is 0.573 e. The van der Waals surface area contributed by atoms with Gasteiger partial charge in [0.25, 0.3) is 0 Å². The van der Waals surface area contributed by atoms with Crippen LogP contribution in [0.4, 0.5) is 18.0 Å². The highest BCUT2D eigenvalue weighted by Gasteiger charge is 2.37. The predicted molar refractivity (Wildman–Crippen MR) is 94.6 cm³/mol.